The van der Waals surface area contributed by atoms with Crippen LogP contribution in [0.25, 0.3) is 0 Å². The van der Waals surface area contributed by atoms with Crippen molar-refractivity contribution in [2.24, 2.45) is 23.7 Å². The summed E-state index contributed by atoms with van der Waals surface area (Å²) in [6.45, 7) is 0. The highest BCUT2D eigenvalue weighted by Crippen LogP contribution is 2.31. The van der Waals surface area contributed by atoms with Crippen LogP contribution in [0, 0.1) is 23.7 Å². The lowest BCUT2D eigenvalue weighted by molar-refractivity contribution is -0.156. The minimum Gasteiger partial charge on any atom is -0.481 e. The fraction of sp³-hybridized carbons (Fsp3) is 0.577. The number of aliphatic carboxylic acids is 1. The van der Waals surface area contributed by atoms with E-state index in [9.17, 15) is 38.7 Å². The molecule has 6 atom stereocenters. The molecule has 0 aromatic rings. The first kappa shape index (κ1) is 34.9. The number of esters is 5. The molecule has 0 heterocycles. The van der Waals surface area contributed by atoms with Crippen LogP contribution in [0.1, 0.15) is 25.7 Å². The van der Waals surface area contributed by atoms with E-state index in [0.717, 1.165) is 0 Å². The molecule has 0 bridgehead atoms. The van der Waals surface area contributed by atoms with Crippen molar-refractivity contribution in [1.29, 1.82) is 0 Å². The first-order valence-electron chi connectivity index (χ1n) is 12.2. The fourth-order valence-electron chi connectivity index (χ4n) is 4.43. The van der Waals surface area contributed by atoms with E-state index >= 15 is 0 Å². The van der Waals surface area contributed by atoms with Crippen LogP contribution in [0.5, 0.6) is 0 Å². The standard InChI is InChI=1S/2C9H12O5.C8H10O5/c2*1-13-8(11)6-3-5(10)4-7(6)9(12)14-2;1-13-8(12)6-3-4(9)2-5(6)7(10)11/h6-7H,3-4H2,1-2H3;3,5,7,10H,4H2,1-2H3;3-5,9H,2H2,1H3,(H,10,11). The summed E-state index contributed by atoms with van der Waals surface area (Å²) in [5, 5.41) is 27.1. The molecule has 15 nitrogen and oxygen atoms in total. The van der Waals surface area contributed by atoms with Crippen LogP contribution in [0.2, 0.25) is 0 Å². The number of hydrogen-bond acceptors (Lipinski definition) is 14. The third kappa shape index (κ3) is 9.49. The Labute approximate surface area is 235 Å². The van der Waals surface area contributed by atoms with Gasteiger partial charge >= 0.3 is 35.8 Å². The van der Waals surface area contributed by atoms with Gasteiger partial charge in [-0.1, -0.05) is 0 Å². The Kier molecular flexibility index (Phi) is 13.8. The second-order valence-electron chi connectivity index (χ2n) is 9.01. The van der Waals surface area contributed by atoms with Crippen LogP contribution in [0.3, 0.4) is 0 Å². The van der Waals surface area contributed by atoms with E-state index in [-0.39, 0.29) is 42.6 Å². The first-order chi connectivity index (χ1) is 19.2. The summed E-state index contributed by atoms with van der Waals surface area (Å²) in [5.41, 5.74) is 0.203. The van der Waals surface area contributed by atoms with Crippen molar-refractivity contribution in [2.75, 3.05) is 35.5 Å². The van der Waals surface area contributed by atoms with Crippen LogP contribution in [0.15, 0.2) is 23.3 Å². The van der Waals surface area contributed by atoms with Crippen molar-refractivity contribution in [3.05, 3.63) is 23.3 Å². The topological polar surface area (TPSA) is 226 Å². The maximum Gasteiger partial charge on any atom is 0.334 e. The number of methoxy groups -OCH3 is 5. The van der Waals surface area contributed by atoms with Gasteiger partial charge in [-0.3, -0.25) is 24.0 Å². The summed E-state index contributed by atoms with van der Waals surface area (Å²) in [6.07, 6.45) is 1.27. The predicted octanol–water partition coefficient (Wildman–Crippen LogP) is -0.881. The molecule has 0 amide bonds. The Morgan fingerprint density at radius 1 is 0.634 bits per heavy atom. The van der Waals surface area contributed by atoms with Gasteiger partial charge in [-0.25, -0.2) is 9.59 Å². The van der Waals surface area contributed by atoms with Crippen LogP contribution in [-0.2, 0) is 57.2 Å². The number of rotatable bonds is 6. The summed E-state index contributed by atoms with van der Waals surface area (Å²) in [7, 11) is 6.11. The van der Waals surface area contributed by atoms with Gasteiger partial charge in [-0.2, -0.15) is 0 Å². The maximum absolute atomic E-state index is 11.2. The van der Waals surface area contributed by atoms with Gasteiger partial charge < -0.3 is 39.0 Å². The van der Waals surface area contributed by atoms with Crippen LogP contribution in [-0.4, -0.2) is 105 Å². The van der Waals surface area contributed by atoms with Crippen molar-refractivity contribution in [3.8, 4) is 0 Å². The normalized spacial score (nSPS) is 26.1. The number of Topliss-reactive ketones (excluding diaryl/α,β-unsaturated/α-hetero) is 1. The van der Waals surface area contributed by atoms with E-state index < -0.39 is 71.7 Å². The number of carboxylic acids is 1. The zero-order chi connectivity index (χ0) is 31.4. The Bertz CT molecular complexity index is 1060. The number of aliphatic hydroxyl groups excluding tert-OH is 2. The predicted molar refractivity (Wildman–Crippen MR) is 133 cm³/mol. The Morgan fingerprint density at radius 3 is 1.34 bits per heavy atom. The molecular formula is C26H34O15. The largest absolute Gasteiger partial charge is 0.481 e. The lowest BCUT2D eigenvalue weighted by Crippen LogP contribution is -2.27. The summed E-state index contributed by atoms with van der Waals surface area (Å²) >= 11 is 0. The highest BCUT2D eigenvalue weighted by Gasteiger charge is 2.43. The second-order valence-corrected chi connectivity index (χ2v) is 9.01. The molecule has 0 aliphatic heterocycles. The van der Waals surface area contributed by atoms with Crippen molar-refractivity contribution >= 4 is 41.6 Å². The van der Waals surface area contributed by atoms with E-state index in [1.54, 1.807) is 0 Å². The zero-order valence-corrected chi connectivity index (χ0v) is 23.2. The lowest BCUT2D eigenvalue weighted by Gasteiger charge is -2.13. The number of hydrogen-bond donors (Lipinski definition) is 3. The summed E-state index contributed by atoms with van der Waals surface area (Å²) in [6, 6.07) is 0. The summed E-state index contributed by atoms with van der Waals surface area (Å²) in [5.74, 6) is -7.06. The third-order valence-corrected chi connectivity index (χ3v) is 6.46. The van der Waals surface area contributed by atoms with E-state index in [4.69, 9.17) is 10.2 Å². The Morgan fingerprint density at radius 2 is 1.00 bits per heavy atom. The van der Waals surface area contributed by atoms with Gasteiger partial charge in [-0.15, -0.1) is 0 Å². The van der Waals surface area contributed by atoms with Gasteiger partial charge in [0.2, 0.25) is 0 Å². The molecule has 0 radical (unpaired) electrons. The Balaban J connectivity index is 0.000000308. The minimum absolute atomic E-state index is 0.0301. The van der Waals surface area contributed by atoms with Gasteiger partial charge in [0.25, 0.3) is 0 Å². The molecular weight excluding hydrogens is 552 g/mol. The van der Waals surface area contributed by atoms with Gasteiger partial charge in [0.1, 0.15) is 5.78 Å². The van der Waals surface area contributed by atoms with E-state index in [2.05, 4.69) is 23.7 Å². The molecule has 1 fully saturated rings. The SMILES string of the molecule is COC(=O)C1=CC(O)CC1C(=O)O.COC(=O)C1=CC(O)CC1C(=O)OC.COC(=O)C1CC(=O)CC1C(=O)OC. The Hall–Kier alpha value is -4.11. The molecule has 0 aromatic carbocycles. The number of ketones is 1. The molecule has 1 saturated carbocycles. The van der Waals surface area contributed by atoms with Crippen LogP contribution >= 0.6 is 0 Å². The number of carbonyl (C=O) groups excluding carboxylic acids is 6. The molecule has 0 aromatic heterocycles. The third-order valence-electron chi connectivity index (χ3n) is 6.46. The van der Waals surface area contributed by atoms with Gasteiger partial charge in [-0.05, 0) is 25.0 Å². The van der Waals surface area contributed by atoms with Crippen molar-refractivity contribution in [2.45, 2.75) is 37.9 Å². The van der Waals surface area contributed by atoms with Gasteiger partial charge in [0.15, 0.2) is 0 Å². The molecule has 0 spiro atoms. The van der Waals surface area contributed by atoms with Crippen LogP contribution < -0.4 is 0 Å². The summed E-state index contributed by atoms with van der Waals surface area (Å²) < 4.78 is 22.4. The molecule has 3 N–H and O–H groups in total. The summed E-state index contributed by atoms with van der Waals surface area (Å²) in [4.78, 5) is 77.5. The molecule has 6 unspecified atom stereocenters. The molecule has 3 aliphatic rings. The highest BCUT2D eigenvalue weighted by molar-refractivity contribution is 5.97. The maximum atomic E-state index is 11.2. The minimum atomic E-state index is -1.12. The van der Waals surface area contributed by atoms with Crippen molar-refractivity contribution in [3.63, 3.8) is 0 Å². The quantitative estimate of drug-likeness (QED) is 0.254. The molecule has 41 heavy (non-hydrogen) atoms. The highest BCUT2D eigenvalue weighted by atomic mass is 16.5. The van der Waals surface area contributed by atoms with Crippen LogP contribution in [0.4, 0.5) is 0 Å². The van der Waals surface area contributed by atoms with Crippen molar-refractivity contribution in [1.82, 2.24) is 0 Å². The molecule has 3 aliphatic carbocycles. The molecule has 15 heteroatoms. The molecule has 3 rings (SSSR count). The van der Waals surface area contributed by atoms with E-state index in [1.807, 2.05) is 0 Å². The van der Waals surface area contributed by atoms with E-state index in [0.29, 0.717) is 0 Å². The molecule has 228 valence electrons. The van der Waals surface area contributed by atoms with Gasteiger partial charge in [0.05, 0.1) is 82.6 Å². The zero-order valence-electron chi connectivity index (χ0n) is 23.2. The number of carboxylic acid groups (broad SMARTS) is 1. The van der Waals surface area contributed by atoms with E-state index in [1.165, 1.54) is 47.7 Å². The average molecular weight is 587 g/mol. The van der Waals surface area contributed by atoms with Crippen molar-refractivity contribution < 1.29 is 72.6 Å². The smallest absolute Gasteiger partial charge is 0.334 e. The molecule has 0 saturated heterocycles. The number of ether oxygens (including phenoxy) is 5. The van der Waals surface area contributed by atoms with Gasteiger partial charge in [0, 0.05) is 12.8 Å². The fourth-order valence-corrected chi connectivity index (χ4v) is 4.43. The lowest BCUT2D eigenvalue weighted by atomic mass is 9.96. The first-order valence-corrected chi connectivity index (χ1v) is 12.2. The number of carbonyl (C=O) groups is 7. The average Bonchev–Trinajstić information content (AvgIpc) is 3.67. The number of aliphatic hydroxyl groups is 2. The monoisotopic (exact) mass is 586 g/mol. The second kappa shape index (κ2) is 16.2.